The first-order valence-corrected chi connectivity index (χ1v) is 10.3. The number of hydrogen-bond acceptors (Lipinski definition) is 3. The predicted octanol–water partition coefficient (Wildman–Crippen LogP) is 5.33. The van der Waals surface area contributed by atoms with Crippen molar-refractivity contribution in [1.82, 2.24) is 4.98 Å². The van der Waals surface area contributed by atoms with Crippen molar-refractivity contribution >= 4 is 11.8 Å². The van der Waals surface area contributed by atoms with Crippen LogP contribution in [-0.2, 0) is 17.6 Å². The number of fused-ring (bicyclic) bond motifs is 1. The molecule has 0 spiro atoms. The molecule has 1 aromatic heterocycles. The third kappa shape index (κ3) is 6.04. The highest BCUT2D eigenvalue weighted by molar-refractivity contribution is 5.68. The van der Waals surface area contributed by atoms with E-state index in [9.17, 15) is 9.18 Å². The summed E-state index contributed by atoms with van der Waals surface area (Å²) in [5.41, 5.74) is 3.24. The van der Waals surface area contributed by atoms with Crippen molar-refractivity contribution in [2.75, 3.05) is 11.9 Å². The average Bonchev–Trinajstić information content (AvgIpc) is 2.69. The number of halogens is 1. The first kappa shape index (κ1) is 20.3. The second kappa shape index (κ2) is 10.2. The van der Waals surface area contributed by atoms with Crippen LogP contribution in [0.25, 0.3) is 0 Å². The van der Waals surface area contributed by atoms with E-state index in [2.05, 4.69) is 17.4 Å². The minimum absolute atomic E-state index is 0.0511. The van der Waals surface area contributed by atoms with Gasteiger partial charge in [0.15, 0.2) is 0 Å². The summed E-state index contributed by atoms with van der Waals surface area (Å²) in [7, 11) is 0. The van der Waals surface area contributed by atoms with Gasteiger partial charge in [0.2, 0.25) is 0 Å². The number of pyridine rings is 1. The number of aromatic nitrogens is 1. The molecule has 0 saturated carbocycles. The maximum Gasteiger partial charge on any atom is 0.303 e. The molecule has 1 aromatic carbocycles. The molecule has 4 nitrogen and oxygen atoms in total. The summed E-state index contributed by atoms with van der Waals surface area (Å²) in [6.45, 7) is 1.01. The van der Waals surface area contributed by atoms with E-state index in [1.165, 1.54) is 24.1 Å². The van der Waals surface area contributed by atoms with Gasteiger partial charge in [0.25, 0.3) is 0 Å². The standard InChI is InChI=1S/C23H29FN2O2/c24-20-10-5-8-18(15-20)19(16-22(27)28)7-3-1-2-4-11-21-13-12-17-9-6-14-25-23(17)26-21/h5,8,10,12-13,15,19H,1-4,6-7,9,11,14,16H2,(H,25,26)(H,27,28). The summed E-state index contributed by atoms with van der Waals surface area (Å²) in [6, 6.07) is 10.7. The lowest BCUT2D eigenvalue weighted by atomic mass is 9.90. The fourth-order valence-electron chi connectivity index (χ4n) is 3.92. The number of aryl methyl sites for hydroxylation is 2. The highest BCUT2D eigenvalue weighted by atomic mass is 19.1. The van der Waals surface area contributed by atoms with Crippen molar-refractivity contribution in [3.8, 4) is 0 Å². The molecular weight excluding hydrogens is 355 g/mol. The molecule has 1 unspecified atom stereocenters. The van der Waals surface area contributed by atoms with Crippen LogP contribution in [0.3, 0.4) is 0 Å². The second-order valence-electron chi connectivity index (χ2n) is 7.64. The van der Waals surface area contributed by atoms with Crippen molar-refractivity contribution in [3.63, 3.8) is 0 Å². The van der Waals surface area contributed by atoms with Crippen LogP contribution in [0.2, 0.25) is 0 Å². The number of unbranched alkanes of at least 4 members (excludes halogenated alkanes) is 3. The van der Waals surface area contributed by atoms with Crippen LogP contribution in [-0.4, -0.2) is 22.6 Å². The Morgan fingerprint density at radius 3 is 2.86 bits per heavy atom. The fraction of sp³-hybridized carbons (Fsp3) is 0.478. The minimum atomic E-state index is -0.832. The van der Waals surface area contributed by atoms with Crippen LogP contribution in [0.1, 0.15) is 67.7 Å². The molecule has 5 heteroatoms. The van der Waals surface area contributed by atoms with Gasteiger partial charge in [-0.15, -0.1) is 0 Å². The van der Waals surface area contributed by atoms with Gasteiger partial charge in [0.05, 0.1) is 6.42 Å². The lowest BCUT2D eigenvalue weighted by Crippen LogP contribution is -2.13. The van der Waals surface area contributed by atoms with Gasteiger partial charge in [-0.1, -0.05) is 37.5 Å². The quantitative estimate of drug-likeness (QED) is 0.544. The van der Waals surface area contributed by atoms with Gasteiger partial charge in [-0.25, -0.2) is 9.37 Å². The molecule has 28 heavy (non-hydrogen) atoms. The van der Waals surface area contributed by atoms with Crippen LogP contribution in [0.4, 0.5) is 10.2 Å². The highest BCUT2D eigenvalue weighted by Gasteiger charge is 2.16. The number of rotatable bonds is 10. The fourth-order valence-corrected chi connectivity index (χ4v) is 3.92. The van der Waals surface area contributed by atoms with Crippen molar-refractivity contribution in [2.24, 2.45) is 0 Å². The molecule has 0 aliphatic carbocycles. The van der Waals surface area contributed by atoms with E-state index in [1.54, 1.807) is 6.07 Å². The molecule has 0 radical (unpaired) electrons. The summed E-state index contributed by atoms with van der Waals surface area (Å²) in [5, 5.41) is 12.5. The van der Waals surface area contributed by atoms with Gasteiger partial charge in [0, 0.05) is 12.2 Å². The summed E-state index contributed by atoms with van der Waals surface area (Å²) in [5.74, 6) is -0.210. The largest absolute Gasteiger partial charge is 0.481 e. The Bertz CT molecular complexity index is 794. The van der Waals surface area contributed by atoms with E-state index < -0.39 is 5.97 Å². The van der Waals surface area contributed by atoms with Crippen molar-refractivity contribution in [1.29, 1.82) is 0 Å². The Morgan fingerprint density at radius 2 is 2.04 bits per heavy atom. The maximum atomic E-state index is 13.5. The number of nitrogens with zero attached hydrogens (tertiary/aromatic N) is 1. The molecule has 1 aliphatic rings. The molecule has 2 aromatic rings. The van der Waals surface area contributed by atoms with E-state index >= 15 is 0 Å². The van der Waals surface area contributed by atoms with Crippen LogP contribution in [0.5, 0.6) is 0 Å². The number of nitrogens with one attached hydrogen (secondary N) is 1. The smallest absolute Gasteiger partial charge is 0.303 e. The van der Waals surface area contributed by atoms with Crippen LogP contribution in [0.15, 0.2) is 36.4 Å². The van der Waals surface area contributed by atoms with Gasteiger partial charge in [-0.2, -0.15) is 0 Å². The van der Waals surface area contributed by atoms with E-state index in [0.717, 1.165) is 68.6 Å². The average molecular weight is 384 g/mol. The van der Waals surface area contributed by atoms with Crippen LogP contribution < -0.4 is 5.32 Å². The minimum Gasteiger partial charge on any atom is -0.481 e. The monoisotopic (exact) mass is 384 g/mol. The lowest BCUT2D eigenvalue weighted by molar-refractivity contribution is -0.137. The third-order valence-electron chi connectivity index (χ3n) is 5.43. The normalized spacial score (nSPS) is 14.2. The highest BCUT2D eigenvalue weighted by Crippen LogP contribution is 2.27. The number of carboxylic acid groups (broad SMARTS) is 1. The molecule has 1 aliphatic heterocycles. The molecule has 2 heterocycles. The zero-order chi connectivity index (χ0) is 19.8. The molecular formula is C23H29FN2O2. The summed E-state index contributed by atoms with van der Waals surface area (Å²) in [4.78, 5) is 15.9. The van der Waals surface area contributed by atoms with Crippen molar-refractivity contribution in [2.45, 2.75) is 63.7 Å². The van der Waals surface area contributed by atoms with Gasteiger partial charge >= 0.3 is 5.97 Å². The van der Waals surface area contributed by atoms with Gasteiger partial charge in [-0.3, -0.25) is 4.79 Å². The second-order valence-corrected chi connectivity index (χ2v) is 7.64. The Hall–Kier alpha value is -2.43. The number of anilines is 1. The number of aliphatic carboxylic acids is 1. The molecule has 0 bridgehead atoms. The lowest BCUT2D eigenvalue weighted by Gasteiger charge is -2.17. The first-order valence-electron chi connectivity index (χ1n) is 10.3. The van der Waals surface area contributed by atoms with Gasteiger partial charge in [0.1, 0.15) is 11.6 Å². The summed E-state index contributed by atoms with van der Waals surface area (Å²) in [6.07, 6.45) is 8.25. The molecule has 0 saturated heterocycles. The molecule has 150 valence electrons. The van der Waals surface area contributed by atoms with E-state index in [0.29, 0.717) is 0 Å². The SMILES string of the molecule is O=C(O)CC(CCCCCCc1ccc2c(n1)NCCC2)c1cccc(F)c1. The zero-order valence-corrected chi connectivity index (χ0v) is 16.3. The first-order chi connectivity index (χ1) is 13.6. The predicted molar refractivity (Wildman–Crippen MR) is 109 cm³/mol. The molecule has 0 fully saturated rings. The van der Waals surface area contributed by atoms with Crippen LogP contribution in [0, 0.1) is 5.82 Å². The molecule has 0 amide bonds. The van der Waals surface area contributed by atoms with E-state index in [-0.39, 0.29) is 18.2 Å². The molecule has 2 N–H and O–H groups in total. The van der Waals surface area contributed by atoms with E-state index in [4.69, 9.17) is 10.1 Å². The van der Waals surface area contributed by atoms with E-state index in [1.807, 2.05) is 6.07 Å². The number of benzene rings is 1. The zero-order valence-electron chi connectivity index (χ0n) is 16.3. The van der Waals surface area contributed by atoms with Crippen molar-refractivity contribution in [3.05, 3.63) is 59.0 Å². The van der Waals surface area contributed by atoms with Gasteiger partial charge in [-0.05, 0) is 67.3 Å². The molecule has 1 atom stereocenters. The topological polar surface area (TPSA) is 62.2 Å². The Kier molecular flexibility index (Phi) is 7.40. The summed E-state index contributed by atoms with van der Waals surface area (Å²) >= 11 is 0. The maximum absolute atomic E-state index is 13.5. The van der Waals surface area contributed by atoms with Crippen molar-refractivity contribution < 1.29 is 14.3 Å². The van der Waals surface area contributed by atoms with Crippen LogP contribution >= 0.6 is 0 Å². The Morgan fingerprint density at radius 1 is 1.18 bits per heavy atom. The number of carboxylic acids is 1. The number of carbonyl (C=O) groups is 1. The Labute approximate surface area is 166 Å². The van der Waals surface area contributed by atoms with Gasteiger partial charge < -0.3 is 10.4 Å². The third-order valence-corrected chi connectivity index (χ3v) is 5.43. The summed E-state index contributed by atoms with van der Waals surface area (Å²) < 4.78 is 13.5. The Balaban J connectivity index is 1.41. The molecule has 3 rings (SSSR count). The number of hydrogen-bond donors (Lipinski definition) is 2.